The lowest BCUT2D eigenvalue weighted by molar-refractivity contribution is -0.160. The van der Waals surface area contributed by atoms with Crippen molar-refractivity contribution in [2.75, 3.05) is 33.2 Å². The number of nitrogens with zero attached hydrogens (tertiary/aromatic N) is 3. The van der Waals surface area contributed by atoms with E-state index >= 15 is 0 Å². The first-order chi connectivity index (χ1) is 11.2. The first-order valence-electron chi connectivity index (χ1n) is 7.46. The summed E-state index contributed by atoms with van der Waals surface area (Å²) in [7, 11) is 0. The van der Waals surface area contributed by atoms with Gasteiger partial charge in [0.1, 0.15) is 5.76 Å². The van der Waals surface area contributed by atoms with Gasteiger partial charge in [0.05, 0.1) is 26.7 Å². The normalized spacial score (nSPS) is 31.3. The van der Waals surface area contributed by atoms with Gasteiger partial charge in [-0.25, -0.2) is 4.79 Å². The summed E-state index contributed by atoms with van der Waals surface area (Å²) in [4.78, 5) is 19.7. The van der Waals surface area contributed by atoms with Crippen LogP contribution >= 0.6 is 23.8 Å². The number of esters is 1. The highest BCUT2D eigenvalue weighted by Crippen LogP contribution is 2.17. The van der Waals surface area contributed by atoms with Crippen LogP contribution in [0.4, 0.5) is 0 Å². The summed E-state index contributed by atoms with van der Waals surface area (Å²) >= 11 is 10.7. The zero-order valence-corrected chi connectivity index (χ0v) is 14.2. The summed E-state index contributed by atoms with van der Waals surface area (Å²) in [5, 5.41) is 3.22. The Bertz CT molecular complexity index is 578. The van der Waals surface area contributed by atoms with Crippen LogP contribution in [0.3, 0.4) is 0 Å². The van der Waals surface area contributed by atoms with Crippen LogP contribution in [0.5, 0.6) is 0 Å². The second-order valence-electron chi connectivity index (χ2n) is 5.70. The van der Waals surface area contributed by atoms with E-state index < -0.39 is 6.17 Å². The van der Waals surface area contributed by atoms with Gasteiger partial charge >= 0.3 is 5.97 Å². The van der Waals surface area contributed by atoms with Gasteiger partial charge in [-0.1, -0.05) is 36.0 Å². The minimum absolute atomic E-state index is 0.306. The van der Waals surface area contributed by atoms with Gasteiger partial charge in [0, 0.05) is 23.4 Å². The van der Waals surface area contributed by atoms with Crippen LogP contribution in [0.25, 0.3) is 0 Å². The number of carbonyl (C=O) groups is 1. The fraction of sp³-hybridized carbons (Fsp3) is 0.467. The number of carbonyl (C=O) groups excluding carboxylic acids is 1. The van der Waals surface area contributed by atoms with Crippen molar-refractivity contribution in [3.05, 3.63) is 35.6 Å². The highest BCUT2D eigenvalue weighted by molar-refractivity contribution is 7.80. The standard InChI is InChI=1S/C15H19ClN4O2S/c16-5-2-6-18-9-19-8-17-14(20(10-18)11-19)15(21)22-12-3-1-4-13(23)7-12/h1-3,5,7,14,17H,4,6,8-11H2. The number of hydrogen-bond donors (Lipinski definition) is 1. The third-order valence-corrected chi connectivity index (χ3v) is 4.30. The zero-order chi connectivity index (χ0) is 16.2. The molecule has 2 saturated heterocycles. The van der Waals surface area contributed by atoms with Crippen LogP contribution in [-0.2, 0) is 9.53 Å². The average molecular weight is 355 g/mol. The number of halogens is 1. The number of rotatable bonds is 4. The molecule has 3 atom stereocenters. The Hall–Kier alpha value is -1.09. The maximum absolute atomic E-state index is 12.5. The number of allylic oxidation sites excluding steroid dienone is 3. The Morgan fingerprint density at radius 3 is 3.13 bits per heavy atom. The maximum Gasteiger partial charge on any atom is 0.343 e. The Morgan fingerprint density at radius 1 is 1.48 bits per heavy atom. The van der Waals surface area contributed by atoms with E-state index in [1.165, 1.54) is 5.54 Å². The van der Waals surface area contributed by atoms with E-state index in [-0.39, 0.29) is 5.97 Å². The Balaban J connectivity index is 1.62. The molecular weight excluding hydrogens is 336 g/mol. The number of ether oxygens (including phenoxy) is 1. The van der Waals surface area contributed by atoms with Crippen molar-refractivity contribution in [3.8, 4) is 0 Å². The lowest BCUT2D eigenvalue weighted by atomic mass is 10.2. The smallest absolute Gasteiger partial charge is 0.343 e. The van der Waals surface area contributed by atoms with Crippen molar-refractivity contribution >= 4 is 34.7 Å². The monoisotopic (exact) mass is 354 g/mol. The third-order valence-electron chi connectivity index (χ3n) is 3.84. The number of thiocarbonyl (C=S) groups is 1. The average Bonchev–Trinajstić information content (AvgIpc) is 2.52. The molecule has 2 heterocycles. The Morgan fingerprint density at radius 2 is 2.35 bits per heavy atom. The predicted molar refractivity (Wildman–Crippen MR) is 92.3 cm³/mol. The summed E-state index contributed by atoms with van der Waals surface area (Å²) < 4.78 is 5.48. The van der Waals surface area contributed by atoms with E-state index in [4.69, 9.17) is 28.6 Å². The molecule has 1 aliphatic carbocycles. The van der Waals surface area contributed by atoms with E-state index in [1.807, 2.05) is 17.1 Å². The number of fused-ring (bicyclic) bond motifs is 2. The summed E-state index contributed by atoms with van der Waals surface area (Å²) in [5.74, 6) is 0.203. The van der Waals surface area contributed by atoms with E-state index in [2.05, 4.69) is 15.1 Å². The van der Waals surface area contributed by atoms with Gasteiger partial charge in [-0.15, -0.1) is 0 Å². The summed E-state index contributed by atoms with van der Waals surface area (Å²) in [6.45, 7) is 3.65. The van der Waals surface area contributed by atoms with Crippen molar-refractivity contribution in [1.29, 1.82) is 0 Å². The molecule has 124 valence electrons. The van der Waals surface area contributed by atoms with Crippen molar-refractivity contribution in [3.63, 3.8) is 0 Å². The molecule has 23 heavy (non-hydrogen) atoms. The Labute approximate surface area is 146 Å². The molecule has 1 N–H and O–H groups in total. The minimum atomic E-state index is -0.459. The summed E-state index contributed by atoms with van der Waals surface area (Å²) in [6.07, 6.45) is 7.58. The molecule has 3 rings (SSSR count). The molecule has 0 aromatic carbocycles. The largest absolute Gasteiger partial charge is 0.424 e. The first kappa shape index (κ1) is 16.8. The highest BCUT2D eigenvalue weighted by atomic mass is 35.5. The molecule has 0 amide bonds. The van der Waals surface area contributed by atoms with Crippen LogP contribution in [0.1, 0.15) is 6.42 Å². The Kier molecular flexibility index (Phi) is 5.58. The molecule has 3 unspecified atom stereocenters. The molecule has 8 heteroatoms. The van der Waals surface area contributed by atoms with Crippen LogP contribution in [0.15, 0.2) is 35.6 Å². The van der Waals surface area contributed by atoms with Gasteiger partial charge in [0.25, 0.3) is 0 Å². The van der Waals surface area contributed by atoms with Gasteiger partial charge in [-0.2, -0.15) is 0 Å². The number of nitrogens with one attached hydrogen (secondary N) is 1. The molecule has 0 radical (unpaired) electrons. The molecule has 3 aliphatic rings. The topological polar surface area (TPSA) is 48.1 Å². The molecule has 2 bridgehead atoms. The van der Waals surface area contributed by atoms with Crippen LogP contribution in [-0.4, -0.2) is 64.9 Å². The van der Waals surface area contributed by atoms with Crippen LogP contribution < -0.4 is 5.32 Å². The maximum atomic E-state index is 12.5. The quantitative estimate of drug-likeness (QED) is 0.600. The van der Waals surface area contributed by atoms with E-state index in [0.717, 1.165) is 31.2 Å². The molecule has 2 fully saturated rings. The van der Waals surface area contributed by atoms with Crippen molar-refractivity contribution in [2.45, 2.75) is 12.6 Å². The lowest BCUT2D eigenvalue weighted by Gasteiger charge is -2.48. The molecule has 6 nitrogen and oxygen atoms in total. The van der Waals surface area contributed by atoms with Gasteiger partial charge in [0.2, 0.25) is 0 Å². The molecular formula is C15H19ClN4O2S. The molecule has 0 aromatic heterocycles. The third kappa shape index (κ3) is 4.26. The molecule has 0 saturated carbocycles. The molecule has 0 spiro atoms. The fourth-order valence-electron chi connectivity index (χ4n) is 2.87. The number of hydrogen-bond acceptors (Lipinski definition) is 7. The predicted octanol–water partition coefficient (Wildman–Crippen LogP) is 1.17. The van der Waals surface area contributed by atoms with Crippen molar-refractivity contribution in [2.24, 2.45) is 0 Å². The summed E-state index contributed by atoms with van der Waals surface area (Å²) in [5.41, 5.74) is 1.52. The second-order valence-corrected chi connectivity index (χ2v) is 6.48. The minimum Gasteiger partial charge on any atom is -0.424 e. The van der Waals surface area contributed by atoms with Crippen molar-refractivity contribution < 1.29 is 9.53 Å². The van der Waals surface area contributed by atoms with Gasteiger partial charge in [-0.05, 0) is 12.2 Å². The van der Waals surface area contributed by atoms with Gasteiger partial charge in [-0.3, -0.25) is 20.0 Å². The molecule has 0 aromatic rings. The van der Waals surface area contributed by atoms with Crippen LogP contribution in [0.2, 0.25) is 0 Å². The highest BCUT2D eigenvalue weighted by Gasteiger charge is 2.37. The van der Waals surface area contributed by atoms with Crippen LogP contribution in [0, 0.1) is 0 Å². The van der Waals surface area contributed by atoms with Gasteiger partial charge < -0.3 is 4.74 Å². The first-order valence-corrected chi connectivity index (χ1v) is 8.30. The zero-order valence-electron chi connectivity index (χ0n) is 12.7. The molecule has 2 aliphatic heterocycles. The lowest BCUT2D eigenvalue weighted by Crippen LogP contribution is -2.69. The van der Waals surface area contributed by atoms with E-state index in [1.54, 1.807) is 12.2 Å². The van der Waals surface area contributed by atoms with E-state index in [0.29, 0.717) is 19.1 Å². The summed E-state index contributed by atoms with van der Waals surface area (Å²) in [6, 6.07) is 0. The van der Waals surface area contributed by atoms with E-state index in [9.17, 15) is 4.79 Å². The SMILES string of the molecule is O=C(OC1=CC(=S)CC=C1)C1NCN2CN(CC=CCl)CN1C2. The van der Waals surface area contributed by atoms with Crippen molar-refractivity contribution in [1.82, 2.24) is 20.0 Å². The second kappa shape index (κ2) is 7.65. The fourth-order valence-corrected chi connectivity index (χ4v) is 3.16. The van der Waals surface area contributed by atoms with Gasteiger partial charge in [0.15, 0.2) is 6.17 Å².